The molecule has 0 amide bonds. The zero-order valence-corrected chi connectivity index (χ0v) is 11.8. The van der Waals surface area contributed by atoms with Crippen molar-refractivity contribution in [2.24, 2.45) is 0 Å². The van der Waals surface area contributed by atoms with Crippen LogP contribution in [0.25, 0.3) is 5.69 Å². The van der Waals surface area contributed by atoms with Crippen LogP contribution >= 0.6 is 23.4 Å². The second kappa shape index (κ2) is 7.49. The first kappa shape index (κ1) is 14.3. The van der Waals surface area contributed by atoms with Crippen molar-refractivity contribution >= 4 is 23.4 Å². The van der Waals surface area contributed by atoms with Crippen LogP contribution in [0.3, 0.4) is 0 Å². The maximum absolute atomic E-state index is 8.60. The molecule has 102 valence electrons. The van der Waals surface area contributed by atoms with Crippen molar-refractivity contribution in [1.82, 2.24) is 14.8 Å². The van der Waals surface area contributed by atoms with Crippen molar-refractivity contribution in [3.05, 3.63) is 35.6 Å². The van der Waals surface area contributed by atoms with Gasteiger partial charge < -0.3 is 9.84 Å². The van der Waals surface area contributed by atoms with Gasteiger partial charge in [0.25, 0.3) is 0 Å². The number of rotatable bonds is 7. The van der Waals surface area contributed by atoms with E-state index in [1.165, 1.54) is 0 Å². The number of hydrogen-bond donors (Lipinski definition) is 1. The SMILES string of the molecule is OCCOCCSc1nncn1-c1cccc(Cl)c1. The Kier molecular flexibility index (Phi) is 5.65. The molecule has 1 aromatic heterocycles. The summed E-state index contributed by atoms with van der Waals surface area (Å²) in [6.07, 6.45) is 1.66. The second-order valence-corrected chi connectivity index (χ2v) is 5.15. The highest BCUT2D eigenvalue weighted by Crippen LogP contribution is 2.21. The number of benzene rings is 1. The fourth-order valence-electron chi connectivity index (χ4n) is 1.48. The predicted octanol–water partition coefficient (Wildman–Crippen LogP) is 2.02. The van der Waals surface area contributed by atoms with Crippen molar-refractivity contribution in [3.8, 4) is 5.69 Å². The molecule has 0 atom stereocenters. The molecular weight excluding hydrogens is 286 g/mol. The summed E-state index contributed by atoms with van der Waals surface area (Å²) in [6, 6.07) is 7.51. The first-order valence-electron chi connectivity index (χ1n) is 5.78. The summed E-state index contributed by atoms with van der Waals surface area (Å²) in [4.78, 5) is 0. The molecule has 0 radical (unpaired) electrons. The fourth-order valence-corrected chi connectivity index (χ4v) is 2.45. The van der Waals surface area contributed by atoms with E-state index in [0.29, 0.717) is 18.2 Å². The lowest BCUT2D eigenvalue weighted by Crippen LogP contribution is -2.03. The van der Waals surface area contributed by atoms with Gasteiger partial charge >= 0.3 is 0 Å². The summed E-state index contributed by atoms with van der Waals surface area (Å²) in [7, 11) is 0. The van der Waals surface area contributed by atoms with Gasteiger partial charge in [0.15, 0.2) is 5.16 Å². The Morgan fingerprint density at radius 2 is 2.26 bits per heavy atom. The Morgan fingerprint density at radius 3 is 3.05 bits per heavy atom. The Bertz CT molecular complexity index is 521. The molecule has 2 rings (SSSR count). The summed E-state index contributed by atoms with van der Waals surface area (Å²) in [5.41, 5.74) is 0.927. The summed E-state index contributed by atoms with van der Waals surface area (Å²) in [6.45, 7) is 0.971. The van der Waals surface area contributed by atoms with Crippen LogP contribution in [-0.4, -0.2) is 45.4 Å². The van der Waals surface area contributed by atoms with E-state index in [1.807, 2.05) is 28.8 Å². The topological polar surface area (TPSA) is 60.2 Å². The maximum Gasteiger partial charge on any atom is 0.195 e. The van der Waals surface area contributed by atoms with Crippen LogP contribution in [0.15, 0.2) is 35.7 Å². The quantitative estimate of drug-likeness (QED) is 0.626. The smallest absolute Gasteiger partial charge is 0.195 e. The average molecular weight is 300 g/mol. The van der Waals surface area contributed by atoms with Crippen molar-refractivity contribution < 1.29 is 9.84 Å². The third-order valence-corrected chi connectivity index (χ3v) is 3.44. The Morgan fingerprint density at radius 1 is 1.37 bits per heavy atom. The van der Waals surface area contributed by atoms with E-state index in [-0.39, 0.29) is 6.61 Å². The molecule has 1 aromatic carbocycles. The minimum absolute atomic E-state index is 0.0450. The van der Waals surface area contributed by atoms with Crippen LogP contribution in [0, 0.1) is 0 Å². The van der Waals surface area contributed by atoms with E-state index in [2.05, 4.69) is 10.2 Å². The van der Waals surface area contributed by atoms with Crippen molar-refractivity contribution in [1.29, 1.82) is 0 Å². The number of aromatic nitrogens is 3. The van der Waals surface area contributed by atoms with Gasteiger partial charge in [-0.05, 0) is 18.2 Å². The van der Waals surface area contributed by atoms with Gasteiger partial charge in [-0.2, -0.15) is 0 Å². The zero-order valence-electron chi connectivity index (χ0n) is 10.2. The molecule has 0 aliphatic heterocycles. The number of aliphatic hydroxyl groups excluding tert-OH is 1. The molecule has 0 saturated heterocycles. The molecule has 0 aliphatic rings. The van der Waals surface area contributed by atoms with Crippen molar-refractivity contribution in [2.45, 2.75) is 5.16 Å². The Balaban J connectivity index is 1.98. The Hall–Kier alpha value is -1.08. The minimum atomic E-state index is 0.0450. The van der Waals surface area contributed by atoms with Gasteiger partial charge in [0, 0.05) is 10.8 Å². The van der Waals surface area contributed by atoms with Crippen LogP contribution in [0.5, 0.6) is 0 Å². The number of aliphatic hydroxyl groups is 1. The highest BCUT2D eigenvalue weighted by atomic mass is 35.5. The van der Waals surface area contributed by atoms with E-state index >= 15 is 0 Å². The average Bonchev–Trinajstić information content (AvgIpc) is 2.87. The van der Waals surface area contributed by atoms with E-state index in [4.69, 9.17) is 21.4 Å². The van der Waals surface area contributed by atoms with Crippen LogP contribution < -0.4 is 0 Å². The highest BCUT2D eigenvalue weighted by molar-refractivity contribution is 7.99. The third kappa shape index (κ3) is 4.21. The molecule has 0 saturated carbocycles. The van der Waals surface area contributed by atoms with Gasteiger partial charge in [-0.25, -0.2) is 0 Å². The number of ether oxygens (including phenoxy) is 1. The van der Waals surface area contributed by atoms with Crippen LogP contribution in [0.2, 0.25) is 5.02 Å². The van der Waals surface area contributed by atoms with Gasteiger partial charge in [0.1, 0.15) is 6.33 Å². The highest BCUT2D eigenvalue weighted by Gasteiger charge is 2.07. The standard InChI is InChI=1S/C12H14ClN3O2S/c13-10-2-1-3-11(8-10)16-9-14-15-12(16)19-7-6-18-5-4-17/h1-3,8-9,17H,4-7H2. The summed E-state index contributed by atoms with van der Waals surface area (Å²) >= 11 is 7.52. The van der Waals surface area contributed by atoms with Gasteiger partial charge in [-0.3, -0.25) is 4.57 Å². The van der Waals surface area contributed by atoms with Crippen molar-refractivity contribution in [2.75, 3.05) is 25.6 Å². The van der Waals surface area contributed by atoms with Gasteiger partial charge in [-0.1, -0.05) is 29.4 Å². The largest absolute Gasteiger partial charge is 0.394 e. The summed E-state index contributed by atoms with van der Waals surface area (Å²) < 4.78 is 7.07. The first-order valence-corrected chi connectivity index (χ1v) is 7.15. The molecule has 1 N–H and O–H groups in total. The fraction of sp³-hybridized carbons (Fsp3) is 0.333. The molecule has 0 spiro atoms. The van der Waals surface area contributed by atoms with Gasteiger partial charge in [0.05, 0.1) is 25.5 Å². The molecule has 0 bridgehead atoms. The van der Waals surface area contributed by atoms with E-state index in [0.717, 1.165) is 16.6 Å². The Labute approximate surface area is 120 Å². The second-order valence-electron chi connectivity index (χ2n) is 3.65. The van der Waals surface area contributed by atoms with Gasteiger partial charge in [0.2, 0.25) is 0 Å². The summed E-state index contributed by atoms with van der Waals surface area (Å²) in [5.74, 6) is 0.749. The van der Waals surface area contributed by atoms with E-state index in [9.17, 15) is 0 Å². The first-order chi connectivity index (χ1) is 9.31. The molecule has 5 nitrogen and oxygen atoms in total. The number of hydrogen-bond acceptors (Lipinski definition) is 5. The number of thioether (sulfide) groups is 1. The van der Waals surface area contributed by atoms with Crippen molar-refractivity contribution in [3.63, 3.8) is 0 Å². The van der Waals surface area contributed by atoms with Crippen LogP contribution in [0.1, 0.15) is 0 Å². The number of nitrogens with zero attached hydrogens (tertiary/aromatic N) is 3. The maximum atomic E-state index is 8.60. The molecule has 19 heavy (non-hydrogen) atoms. The van der Waals surface area contributed by atoms with Crippen LogP contribution in [0.4, 0.5) is 0 Å². The molecule has 2 aromatic rings. The lowest BCUT2D eigenvalue weighted by atomic mass is 10.3. The lowest BCUT2D eigenvalue weighted by Gasteiger charge is -2.06. The molecule has 1 heterocycles. The number of halogens is 1. The lowest BCUT2D eigenvalue weighted by molar-refractivity contribution is 0.103. The third-order valence-electron chi connectivity index (χ3n) is 2.30. The summed E-state index contributed by atoms with van der Waals surface area (Å²) in [5, 5.41) is 18.0. The van der Waals surface area contributed by atoms with E-state index in [1.54, 1.807) is 18.1 Å². The van der Waals surface area contributed by atoms with Crippen LogP contribution in [-0.2, 0) is 4.74 Å². The van der Waals surface area contributed by atoms with E-state index < -0.39 is 0 Å². The normalized spacial score (nSPS) is 10.8. The molecular formula is C12H14ClN3O2S. The molecule has 7 heteroatoms. The zero-order chi connectivity index (χ0) is 13.5. The minimum Gasteiger partial charge on any atom is -0.394 e. The van der Waals surface area contributed by atoms with Gasteiger partial charge in [-0.15, -0.1) is 10.2 Å². The molecule has 0 aliphatic carbocycles. The molecule has 0 fully saturated rings. The molecule has 0 unspecified atom stereocenters. The predicted molar refractivity (Wildman–Crippen MR) is 75.0 cm³/mol. The monoisotopic (exact) mass is 299 g/mol.